The zero-order valence-electron chi connectivity index (χ0n) is 11.1. The third-order valence-electron chi connectivity index (χ3n) is 3.47. The van der Waals surface area contributed by atoms with E-state index in [0.29, 0.717) is 19.0 Å². The summed E-state index contributed by atoms with van der Waals surface area (Å²) in [7, 11) is 0. The van der Waals surface area contributed by atoms with Gasteiger partial charge in [-0.05, 0) is 30.2 Å². The molecule has 7 nitrogen and oxygen atoms in total. The SMILES string of the molecule is CC(C)n1nnnc1CN1C[C@@H](C)[C@H](C(N)=O)C1. The average molecular weight is 252 g/mol. The van der Waals surface area contributed by atoms with Crippen molar-refractivity contribution in [3.05, 3.63) is 5.82 Å². The molecule has 0 radical (unpaired) electrons. The number of hydrogen-bond acceptors (Lipinski definition) is 5. The normalized spacial score (nSPS) is 24.9. The number of nitrogens with two attached hydrogens (primary N) is 1. The molecule has 0 bridgehead atoms. The number of tetrazole rings is 1. The number of aromatic nitrogens is 4. The zero-order chi connectivity index (χ0) is 13.3. The first-order valence-electron chi connectivity index (χ1n) is 6.27. The van der Waals surface area contributed by atoms with Crippen LogP contribution in [0, 0.1) is 11.8 Å². The molecule has 0 spiro atoms. The van der Waals surface area contributed by atoms with Crippen LogP contribution in [0.3, 0.4) is 0 Å². The standard InChI is InChI=1S/C11H20N6O/c1-7(2)17-10(13-14-15-17)6-16-4-8(3)9(5-16)11(12)18/h7-9H,4-6H2,1-3H3,(H2,12,18)/t8-,9-/m1/s1. The van der Waals surface area contributed by atoms with E-state index in [9.17, 15) is 4.79 Å². The van der Waals surface area contributed by atoms with Crippen molar-refractivity contribution in [2.45, 2.75) is 33.4 Å². The molecule has 1 aromatic heterocycles. The van der Waals surface area contributed by atoms with Gasteiger partial charge in [-0.3, -0.25) is 9.69 Å². The summed E-state index contributed by atoms with van der Waals surface area (Å²) in [6, 6.07) is 0.238. The second kappa shape index (κ2) is 5.01. The van der Waals surface area contributed by atoms with Crippen LogP contribution in [-0.2, 0) is 11.3 Å². The fourth-order valence-corrected chi connectivity index (χ4v) is 2.48. The summed E-state index contributed by atoms with van der Waals surface area (Å²) >= 11 is 0. The molecule has 0 unspecified atom stereocenters. The summed E-state index contributed by atoms with van der Waals surface area (Å²) in [5.74, 6) is 0.857. The Morgan fingerprint density at radius 2 is 2.22 bits per heavy atom. The highest BCUT2D eigenvalue weighted by molar-refractivity contribution is 5.77. The first-order valence-corrected chi connectivity index (χ1v) is 6.27. The fraction of sp³-hybridized carbons (Fsp3) is 0.818. The third kappa shape index (κ3) is 2.50. The lowest BCUT2D eigenvalue weighted by molar-refractivity contribution is -0.122. The van der Waals surface area contributed by atoms with Crippen LogP contribution in [0.2, 0.25) is 0 Å². The predicted molar refractivity (Wildman–Crippen MR) is 65.3 cm³/mol. The number of amides is 1. The maximum Gasteiger partial charge on any atom is 0.222 e. The lowest BCUT2D eigenvalue weighted by atomic mass is 9.98. The zero-order valence-corrected chi connectivity index (χ0v) is 11.1. The van der Waals surface area contributed by atoms with E-state index in [1.807, 2.05) is 18.5 Å². The second-order valence-electron chi connectivity index (χ2n) is 5.31. The average Bonchev–Trinajstić information content (AvgIpc) is 2.85. The Bertz CT molecular complexity index is 429. The summed E-state index contributed by atoms with van der Waals surface area (Å²) < 4.78 is 1.81. The molecule has 1 amide bonds. The minimum atomic E-state index is -0.214. The molecule has 18 heavy (non-hydrogen) atoms. The molecule has 1 aliphatic rings. The molecule has 100 valence electrons. The second-order valence-corrected chi connectivity index (χ2v) is 5.31. The number of likely N-dealkylation sites (tertiary alicyclic amines) is 1. The number of nitrogens with zero attached hydrogens (tertiary/aromatic N) is 5. The molecule has 2 atom stereocenters. The highest BCUT2D eigenvalue weighted by Gasteiger charge is 2.34. The van der Waals surface area contributed by atoms with Gasteiger partial charge in [0.05, 0.1) is 18.5 Å². The third-order valence-corrected chi connectivity index (χ3v) is 3.47. The van der Waals surface area contributed by atoms with E-state index in [-0.39, 0.29) is 17.9 Å². The maximum absolute atomic E-state index is 11.3. The minimum absolute atomic E-state index is 0.0617. The molecule has 0 aliphatic carbocycles. The lowest BCUT2D eigenvalue weighted by Gasteiger charge is -2.15. The van der Waals surface area contributed by atoms with Crippen LogP contribution in [0.25, 0.3) is 0 Å². The van der Waals surface area contributed by atoms with E-state index < -0.39 is 0 Å². The predicted octanol–water partition coefficient (Wildman–Crippen LogP) is -0.193. The van der Waals surface area contributed by atoms with Crippen molar-refractivity contribution >= 4 is 5.91 Å². The van der Waals surface area contributed by atoms with Crippen LogP contribution >= 0.6 is 0 Å². The van der Waals surface area contributed by atoms with Crippen LogP contribution in [0.1, 0.15) is 32.6 Å². The molecule has 0 saturated carbocycles. The Kier molecular flexibility index (Phi) is 3.60. The van der Waals surface area contributed by atoms with Crippen LogP contribution < -0.4 is 5.73 Å². The molecular weight excluding hydrogens is 232 g/mol. The number of hydrogen-bond donors (Lipinski definition) is 1. The monoisotopic (exact) mass is 252 g/mol. The number of carbonyl (C=O) groups is 1. The number of rotatable bonds is 4. The van der Waals surface area contributed by atoms with E-state index >= 15 is 0 Å². The van der Waals surface area contributed by atoms with Crippen LogP contribution in [0.4, 0.5) is 0 Å². The van der Waals surface area contributed by atoms with Gasteiger partial charge < -0.3 is 5.73 Å². The van der Waals surface area contributed by atoms with E-state index in [4.69, 9.17) is 5.73 Å². The van der Waals surface area contributed by atoms with Gasteiger partial charge in [0.1, 0.15) is 0 Å². The van der Waals surface area contributed by atoms with Crippen molar-refractivity contribution in [2.75, 3.05) is 13.1 Å². The molecule has 1 fully saturated rings. The van der Waals surface area contributed by atoms with Gasteiger partial charge in [0.25, 0.3) is 0 Å². The molecule has 1 saturated heterocycles. The van der Waals surface area contributed by atoms with Crippen molar-refractivity contribution in [3.63, 3.8) is 0 Å². The molecule has 2 heterocycles. The summed E-state index contributed by atoms with van der Waals surface area (Å²) in [6.45, 7) is 8.36. The molecular formula is C11H20N6O. The van der Waals surface area contributed by atoms with Gasteiger partial charge in [0, 0.05) is 13.1 Å². The minimum Gasteiger partial charge on any atom is -0.369 e. The fourth-order valence-electron chi connectivity index (χ4n) is 2.48. The Hall–Kier alpha value is -1.50. The highest BCUT2D eigenvalue weighted by Crippen LogP contribution is 2.23. The van der Waals surface area contributed by atoms with Crippen LogP contribution in [-0.4, -0.2) is 44.1 Å². The van der Waals surface area contributed by atoms with Gasteiger partial charge in [-0.15, -0.1) is 5.10 Å². The molecule has 1 aromatic rings. The first kappa shape index (κ1) is 12.9. The van der Waals surface area contributed by atoms with Gasteiger partial charge in [-0.2, -0.15) is 0 Å². The molecule has 2 rings (SSSR count). The highest BCUT2D eigenvalue weighted by atomic mass is 16.1. The molecule has 2 N–H and O–H groups in total. The number of carbonyl (C=O) groups excluding carboxylic acids is 1. The van der Waals surface area contributed by atoms with Crippen molar-refractivity contribution < 1.29 is 4.79 Å². The van der Waals surface area contributed by atoms with Gasteiger partial charge in [0.2, 0.25) is 5.91 Å². The Balaban J connectivity index is 2.03. The summed E-state index contributed by atoms with van der Waals surface area (Å²) in [5, 5.41) is 11.7. The largest absolute Gasteiger partial charge is 0.369 e. The Morgan fingerprint density at radius 3 is 2.78 bits per heavy atom. The van der Waals surface area contributed by atoms with Crippen molar-refractivity contribution in [1.82, 2.24) is 25.1 Å². The first-order chi connectivity index (χ1) is 8.49. The van der Waals surface area contributed by atoms with Crippen LogP contribution in [0.5, 0.6) is 0 Å². The topological polar surface area (TPSA) is 89.9 Å². The smallest absolute Gasteiger partial charge is 0.222 e. The summed E-state index contributed by atoms with van der Waals surface area (Å²) in [6.07, 6.45) is 0. The maximum atomic E-state index is 11.3. The van der Waals surface area contributed by atoms with Gasteiger partial charge in [-0.1, -0.05) is 6.92 Å². The van der Waals surface area contributed by atoms with Crippen molar-refractivity contribution in [3.8, 4) is 0 Å². The molecule has 1 aliphatic heterocycles. The Labute approximate surface area is 106 Å². The van der Waals surface area contributed by atoms with E-state index in [2.05, 4.69) is 27.3 Å². The van der Waals surface area contributed by atoms with Gasteiger partial charge in [0.15, 0.2) is 5.82 Å². The summed E-state index contributed by atoms with van der Waals surface area (Å²) in [4.78, 5) is 13.5. The number of primary amides is 1. The Morgan fingerprint density at radius 1 is 1.50 bits per heavy atom. The van der Waals surface area contributed by atoms with Gasteiger partial charge >= 0.3 is 0 Å². The van der Waals surface area contributed by atoms with E-state index in [1.54, 1.807) is 0 Å². The van der Waals surface area contributed by atoms with E-state index in [0.717, 1.165) is 12.4 Å². The molecule has 0 aromatic carbocycles. The van der Waals surface area contributed by atoms with Gasteiger partial charge in [-0.25, -0.2) is 4.68 Å². The quantitative estimate of drug-likeness (QED) is 0.802. The van der Waals surface area contributed by atoms with Crippen LogP contribution in [0.15, 0.2) is 0 Å². The van der Waals surface area contributed by atoms with Crippen molar-refractivity contribution in [1.29, 1.82) is 0 Å². The summed E-state index contributed by atoms with van der Waals surface area (Å²) in [5.41, 5.74) is 5.39. The van der Waals surface area contributed by atoms with Crippen molar-refractivity contribution in [2.24, 2.45) is 17.6 Å². The lowest BCUT2D eigenvalue weighted by Crippen LogP contribution is -2.29. The molecule has 7 heteroatoms. The van der Waals surface area contributed by atoms with E-state index in [1.165, 1.54) is 0 Å².